The minimum absolute atomic E-state index is 0.102. The number of ether oxygens (including phenoxy) is 1. The summed E-state index contributed by atoms with van der Waals surface area (Å²) < 4.78 is 5.64. The normalized spacial score (nSPS) is 13.8. The maximum atomic E-state index is 12.5. The molecule has 144 valence electrons. The number of hydrogen-bond acceptors (Lipinski definition) is 5. The van der Waals surface area contributed by atoms with Crippen LogP contribution in [0.2, 0.25) is 0 Å². The Kier molecular flexibility index (Phi) is 7.90. The Morgan fingerprint density at radius 1 is 1.31 bits per heavy atom. The van der Waals surface area contributed by atoms with Gasteiger partial charge >= 0.3 is 0 Å². The second kappa shape index (κ2) is 9.43. The predicted octanol–water partition coefficient (Wildman–Crippen LogP) is 4.37. The highest BCUT2D eigenvalue weighted by molar-refractivity contribution is 6.02. The number of allylic oxidation sites excluding steroid dienone is 2. The average Bonchev–Trinajstić information content (AvgIpc) is 2.51. The maximum Gasteiger partial charge on any atom is 0.173 e. The molecular weight excluding hydrogens is 332 g/mol. The molecule has 0 aliphatic rings. The van der Waals surface area contributed by atoms with Gasteiger partial charge in [-0.15, -0.1) is 0 Å². The first-order valence-electron chi connectivity index (χ1n) is 8.83. The van der Waals surface area contributed by atoms with Gasteiger partial charge in [-0.05, 0) is 39.7 Å². The summed E-state index contributed by atoms with van der Waals surface area (Å²) in [6, 6.07) is 2.48. The fraction of sp³-hybridized carbons (Fsp3) is 0.476. The van der Waals surface area contributed by atoms with Gasteiger partial charge < -0.3 is 20.1 Å². The fourth-order valence-electron chi connectivity index (χ4n) is 2.27. The minimum atomic E-state index is -0.846. The molecule has 3 N–H and O–H groups in total. The van der Waals surface area contributed by atoms with E-state index in [1.807, 2.05) is 26.0 Å². The SMILES string of the molecule is CC[C@H](C)C(=O)c1c(O)cc(O)cc1OC/C=C(\C)C/C=C/C(C)(C)O. The van der Waals surface area contributed by atoms with E-state index in [2.05, 4.69) is 0 Å². The summed E-state index contributed by atoms with van der Waals surface area (Å²) in [5.41, 5.74) is 0.288. The van der Waals surface area contributed by atoms with Gasteiger partial charge in [0.25, 0.3) is 0 Å². The third-order valence-corrected chi connectivity index (χ3v) is 4.01. The second-order valence-corrected chi connectivity index (χ2v) is 7.13. The third kappa shape index (κ3) is 6.92. The molecule has 26 heavy (non-hydrogen) atoms. The van der Waals surface area contributed by atoms with Crippen molar-refractivity contribution in [1.29, 1.82) is 0 Å². The zero-order valence-corrected chi connectivity index (χ0v) is 16.2. The number of phenolic OH excluding ortho intramolecular Hbond substituents is 2. The Morgan fingerprint density at radius 2 is 1.96 bits per heavy atom. The first kappa shape index (κ1) is 21.8. The molecule has 0 saturated carbocycles. The molecule has 1 aromatic carbocycles. The summed E-state index contributed by atoms with van der Waals surface area (Å²) in [7, 11) is 0. The molecule has 0 spiro atoms. The van der Waals surface area contributed by atoms with Crippen LogP contribution in [0.15, 0.2) is 35.9 Å². The molecule has 0 aliphatic carbocycles. The van der Waals surface area contributed by atoms with Gasteiger partial charge in [0, 0.05) is 18.1 Å². The summed E-state index contributed by atoms with van der Waals surface area (Å²) in [5, 5.41) is 29.4. The van der Waals surface area contributed by atoms with E-state index in [1.165, 1.54) is 6.07 Å². The Morgan fingerprint density at radius 3 is 2.54 bits per heavy atom. The monoisotopic (exact) mass is 362 g/mol. The Hall–Kier alpha value is -2.27. The number of rotatable bonds is 9. The van der Waals surface area contributed by atoms with Crippen LogP contribution >= 0.6 is 0 Å². The summed E-state index contributed by atoms with van der Waals surface area (Å²) in [6.07, 6.45) is 6.76. The predicted molar refractivity (Wildman–Crippen MR) is 103 cm³/mol. The van der Waals surface area contributed by atoms with E-state index < -0.39 is 5.60 Å². The van der Waals surface area contributed by atoms with Crippen molar-refractivity contribution >= 4 is 5.78 Å². The molecule has 0 radical (unpaired) electrons. The standard InChI is InChI=1S/C21H30O5/c1-6-15(3)20(24)19-17(23)12-16(22)13-18(19)26-11-9-14(2)8-7-10-21(4,5)25/h7,9-10,12-13,15,22-23,25H,6,8,11H2,1-5H3/b10-7+,14-9+/t15-/m0/s1. The molecular formula is C21H30O5. The number of aromatic hydroxyl groups is 2. The number of carbonyl (C=O) groups is 1. The quantitative estimate of drug-likeness (QED) is 0.448. The highest BCUT2D eigenvalue weighted by atomic mass is 16.5. The fourth-order valence-corrected chi connectivity index (χ4v) is 2.27. The van der Waals surface area contributed by atoms with Crippen LogP contribution in [0.4, 0.5) is 0 Å². The number of aliphatic hydroxyl groups is 1. The lowest BCUT2D eigenvalue weighted by molar-refractivity contribution is 0.0920. The summed E-state index contributed by atoms with van der Waals surface area (Å²) in [4.78, 5) is 12.5. The average molecular weight is 362 g/mol. The van der Waals surface area contributed by atoms with E-state index in [0.29, 0.717) is 12.8 Å². The summed E-state index contributed by atoms with van der Waals surface area (Å²) in [5.74, 6) is -0.735. The number of phenols is 2. The van der Waals surface area contributed by atoms with E-state index in [0.717, 1.165) is 11.6 Å². The Bertz CT molecular complexity index is 680. The molecule has 1 rings (SSSR count). The van der Waals surface area contributed by atoms with Crippen molar-refractivity contribution in [1.82, 2.24) is 0 Å². The molecule has 0 amide bonds. The zero-order chi connectivity index (χ0) is 19.9. The molecule has 0 saturated heterocycles. The van der Waals surface area contributed by atoms with Crippen molar-refractivity contribution in [2.24, 2.45) is 5.92 Å². The molecule has 0 unspecified atom stereocenters. The van der Waals surface area contributed by atoms with E-state index in [-0.39, 0.29) is 41.1 Å². The van der Waals surface area contributed by atoms with Gasteiger partial charge in [0.1, 0.15) is 29.4 Å². The Balaban J connectivity index is 2.88. The molecule has 5 nitrogen and oxygen atoms in total. The van der Waals surface area contributed by atoms with Gasteiger partial charge in [0.2, 0.25) is 0 Å². The molecule has 1 aromatic rings. The van der Waals surface area contributed by atoms with Crippen molar-refractivity contribution in [2.75, 3.05) is 6.61 Å². The highest BCUT2D eigenvalue weighted by Gasteiger charge is 2.23. The third-order valence-electron chi connectivity index (χ3n) is 4.01. The van der Waals surface area contributed by atoms with Gasteiger partial charge in [-0.25, -0.2) is 0 Å². The van der Waals surface area contributed by atoms with Crippen molar-refractivity contribution < 1.29 is 24.9 Å². The van der Waals surface area contributed by atoms with Gasteiger partial charge in [-0.3, -0.25) is 4.79 Å². The number of Topliss-reactive ketones (excluding diaryl/α,β-unsaturated/α-hetero) is 1. The van der Waals surface area contributed by atoms with Crippen molar-refractivity contribution in [3.63, 3.8) is 0 Å². The van der Waals surface area contributed by atoms with Gasteiger partial charge in [-0.1, -0.05) is 31.6 Å². The van der Waals surface area contributed by atoms with E-state index in [1.54, 1.807) is 26.8 Å². The van der Waals surface area contributed by atoms with Crippen molar-refractivity contribution in [3.05, 3.63) is 41.5 Å². The van der Waals surface area contributed by atoms with Crippen LogP contribution in [0, 0.1) is 5.92 Å². The topological polar surface area (TPSA) is 87.0 Å². The van der Waals surface area contributed by atoms with Gasteiger partial charge in [-0.2, -0.15) is 0 Å². The lowest BCUT2D eigenvalue weighted by Gasteiger charge is -2.15. The number of ketones is 1. The van der Waals surface area contributed by atoms with Crippen LogP contribution in [0.3, 0.4) is 0 Å². The van der Waals surface area contributed by atoms with Crippen LogP contribution < -0.4 is 4.74 Å². The first-order chi connectivity index (χ1) is 12.0. The van der Waals surface area contributed by atoms with Crippen LogP contribution in [0.1, 0.15) is 57.8 Å². The molecule has 0 aromatic heterocycles. The van der Waals surface area contributed by atoms with E-state index in [9.17, 15) is 20.1 Å². The lowest BCUT2D eigenvalue weighted by atomic mass is 9.95. The molecule has 5 heteroatoms. The Labute approximate surface area is 155 Å². The van der Waals surface area contributed by atoms with Crippen LogP contribution in [-0.4, -0.2) is 33.3 Å². The van der Waals surface area contributed by atoms with Gasteiger partial charge in [0.05, 0.1) is 5.60 Å². The molecule has 0 aliphatic heterocycles. The smallest absolute Gasteiger partial charge is 0.173 e. The summed E-state index contributed by atoms with van der Waals surface area (Å²) in [6.45, 7) is 9.23. The maximum absolute atomic E-state index is 12.5. The molecule has 0 heterocycles. The summed E-state index contributed by atoms with van der Waals surface area (Å²) >= 11 is 0. The first-order valence-corrected chi connectivity index (χ1v) is 8.83. The number of hydrogen-bond donors (Lipinski definition) is 3. The number of carbonyl (C=O) groups excluding carboxylic acids is 1. The van der Waals surface area contributed by atoms with Crippen LogP contribution in [0.25, 0.3) is 0 Å². The van der Waals surface area contributed by atoms with Crippen molar-refractivity contribution in [2.45, 2.75) is 53.1 Å². The van der Waals surface area contributed by atoms with E-state index >= 15 is 0 Å². The van der Waals surface area contributed by atoms with Gasteiger partial charge in [0.15, 0.2) is 5.78 Å². The molecule has 1 atom stereocenters. The van der Waals surface area contributed by atoms with Crippen LogP contribution in [0.5, 0.6) is 17.2 Å². The second-order valence-electron chi connectivity index (χ2n) is 7.13. The molecule has 0 fully saturated rings. The van der Waals surface area contributed by atoms with E-state index in [4.69, 9.17) is 4.74 Å². The number of benzene rings is 1. The van der Waals surface area contributed by atoms with Crippen molar-refractivity contribution in [3.8, 4) is 17.2 Å². The molecule has 0 bridgehead atoms. The highest BCUT2D eigenvalue weighted by Crippen LogP contribution is 2.35. The largest absolute Gasteiger partial charge is 0.508 e. The van der Waals surface area contributed by atoms with Crippen LogP contribution in [-0.2, 0) is 0 Å². The zero-order valence-electron chi connectivity index (χ0n) is 16.2. The minimum Gasteiger partial charge on any atom is -0.508 e. The lowest BCUT2D eigenvalue weighted by Crippen LogP contribution is -2.13.